The molecule has 2 amide bonds. The number of para-hydroxylation sites is 2. The number of piperidine rings is 1. The number of ether oxygens (including phenoxy) is 1. The molecule has 39 heavy (non-hydrogen) atoms. The Hall–Kier alpha value is -3.02. The summed E-state index contributed by atoms with van der Waals surface area (Å²) in [5, 5.41) is 3.29. The summed E-state index contributed by atoms with van der Waals surface area (Å²) >= 11 is 12.1. The topological polar surface area (TPSA) is 131 Å². The normalized spacial score (nSPS) is 13.8. The summed E-state index contributed by atoms with van der Waals surface area (Å²) in [6, 6.07) is 16.7. The van der Waals surface area contributed by atoms with Crippen molar-refractivity contribution in [3.05, 3.63) is 82.3 Å². The van der Waals surface area contributed by atoms with Crippen molar-refractivity contribution in [2.75, 3.05) is 24.4 Å². The molecule has 1 fully saturated rings. The molecule has 3 aromatic rings. The molecule has 208 valence electrons. The first-order valence-corrected chi connectivity index (χ1v) is 14.0. The third kappa shape index (κ3) is 8.00. The Morgan fingerprint density at radius 1 is 0.974 bits per heavy atom. The Kier molecular flexibility index (Phi) is 10.5. The van der Waals surface area contributed by atoms with Crippen molar-refractivity contribution in [1.82, 2.24) is 10.2 Å². The Morgan fingerprint density at radius 3 is 2.31 bits per heavy atom. The third-order valence-electron chi connectivity index (χ3n) is 5.96. The van der Waals surface area contributed by atoms with E-state index < -0.39 is 15.9 Å². The summed E-state index contributed by atoms with van der Waals surface area (Å²) < 4.78 is 34.4. The summed E-state index contributed by atoms with van der Waals surface area (Å²) in [6.45, 7) is 0.983. The van der Waals surface area contributed by atoms with Gasteiger partial charge in [-0.2, -0.15) is 0 Å². The second-order valence-electron chi connectivity index (χ2n) is 8.70. The summed E-state index contributed by atoms with van der Waals surface area (Å²) in [7, 11) is -4.02. The molecule has 0 saturated carbocycles. The van der Waals surface area contributed by atoms with Gasteiger partial charge in [0.25, 0.3) is 15.9 Å². The highest BCUT2D eigenvalue weighted by atomic mass is 35.5. The molecule has 0 atom stereocenters. The van der Waals surface area contributed by atoms with Crippen molar-refractivity contribution in [3.8, 4) is 11.5 Å². The van der Waals surface area contributed by atoms with E-state index in [0.29, 0.717) is 23.9 Å². The number of rotatable bonds is 8. The van der Waals surface area contributed by atoms with E-state index in [0.717, 1.165) is 12.8 Å². The van der Waals surface area contributed by atoms with E-state index in [9.17, 15) is 18.0 Å². The van der Waals surface area contributed by atoms with Gasteiger partial charge in [-0.1, -0.05) is 35.3 Å². The lowest BCUT2D eigenvalue weighted by molar-refractivity contribution is -0.131. The van der Waals surface area contributed by atoms with E-state index in [-0.39, 0.29) is 57.8 Å². The molecular formula is C26H27Cl3N4O5S. The van der Waals surface area contributed by atoms with Gasteiger partial charge in [-0.25, -0.2) is 8.42 Å². The molecule has 0 aliphatic carbocycles. The lowest BCUT2D eigenvalue weighted by atomic mass is 10.1. The Bertz CT molecular complexity index is 1430. The molecule has 1 saturated heterocycles. The van der Waals surface area contributed by atoms with Gasteiger partial charge in [0.1, 0.15) is 5.75 Å². The van der Waals surface area contributed by atoms with Gasteiger partial charge in [0.2, 0.25) is 5.91 Å². The second kappa shape index (κ2) is 13.4. The molecule has 0 radical (unpaired) electrons. The van der Waals surface area contributed by atoms with Crippen molar-refractivity contribution in [2.24, 2.45) is 5.73 Å². The van der Waals surface area contributed by atoms with Crippen molar-refractivity contribution in [2.45, 2.75) is 23.8 Å². The van der Waals surface area contributed by atoms with Gasteiger partial charge in [0, 0.05) is 29.7 Å². The maximum absolute atomic E-state index is 13.0. The van der Waals surface area contributed by atoms with Gasteiger partial charge in [-0.15, -0.1) is 12.4 Å². The highest BCUT2D eigenvalue weighted by Gasteiger charge is 2.22. The minimum Gasteiger partial charge on any atom is -0.454 e. The smallest absolute Gasteiger partial charge is 0.262 e. The van der Waals surface area contributed by atoms with E-state index in [2.05, 4.69) is 10.0 Å². The number of sulfonamides is 1. The first-order chi connectivity index (χ1) is 18.1. The maximum Gasteiger partial charge on any atom is 0.262 e. The van der Waals surface area contributed by atoms with Crippen LogP contribution in [0.3, 0.4) is 0 Å². The van der Waals surface area contributed by atoms with Crippen LogP contribution in [0, 0.1) is 0 Å². The zero-order valence-corrected chi connectivity index (χ0v) is 23.7. The predicted molar refractivity (Wildman–Crippen MR) is 154 cm³/mol. The van der Waals surface area contributed by atoms with E-state index in [4.69, 9.17) is 33.7 Å². The third-order valence-corrected chi connectivity index (χ3v) is 7.88. The molecular weight excluding hydrogens is 587 g/mol. The SMILES string of the molecule is Cl.NC1CCN(C(=O)CNC(=O)c2ccc(S(=O)(=O)Nc3ccccc3Oc3ccc(Cl)cc3Cl)cc2)CC1. The number of amides is 2. The number of halogens is 3. The van der Waals surface area contributed by atoms with Crippen LogP contribution < -0.4 is 20.5 Å². The van der Waals surface area contributed by atoms with E-state index in [1.807, 2.05) is 0 Å². The quantitative estimate of drug-likeness (QED) is 0.338. The predicted octanol–water partition coefficient (Wildman–Crippen LogP) is 4.69. The van der Waals surface area contributed by atoms with Gasteiger partial charge in [0.15, 0.2) is 5.75 Å². The number of hydrogen-bond acceptors (Lipinski definition) is 6. The van der Waals surface area contributed by atoms with E-state index >= 15 is 0 Å². The Morgan fingerprint density at radius 2 is 1.64 bits per heavy atom. The Balaban J connectivity index is 0.00000420. The van der Waals surface area contributed by atoms with E-state index in [1.165, 1.54) is 30.3 Å². The van der Waals surface area contributed by atoms with Crippen LogP contribution >= 0.6 is 35.6 Å². The summed E-state index contributed by atoms with van der Waals surface area (Å²) in [4.78, 5) is 26.4. The fraction of sp³-hybridized carbons (Fsp3) is 0.231. The summed E-state index contributed by atoms with van der Waals surface area (Å²) in [5.41, 5.74) is 6.27. The minimum absolute atomic E-state index is 0. The van der Waals surface area contributed by atoms with Gasteiger partial charge in [-0.3, -0.25) is 14.3 Å². The van der Waals surface area contributed by atoms with Crippen LogP contribution in [0.25, 0.3) is 0 Å². The molecule has 9 nitrogen and oxygen atoms in total. The van der Waals surface area contributed by atoms with Gasteiger partial charge >= 0.3 is 0 Å². The minimum atomic E-state index is -4.02. The first-order valence-electron chi connectivity index (χ1n) is 11.8. The molecule has 13 heteroatoms. The van der Waals surface area contributed by atoms with Crippen LogP contribution in [0.2, 0.25) is 10.0 Å². The molecule has 0 spiro atoms. The van der Waals surface area contributed by atoms with Crippen LogP contribution in [-0.4, -0.2) is 50.8 Å². The molecule has 1 aliphatic heterocycles. The zero-order valence-electron chi connectivity index (χ0n) is 20.6. The molecule has 4 rings (SSSR count). The average Bonchev–Trinajstić information content (AvgIpc) is 2.90. The second-order valence-corrected chi connectivity index (χ2v) is 11.2. The monoisotopic (exact) mass is 612 g/mol. The van der Waals surface area contributed by atoms with Crippen molar-refractivity contribution in [3.63, 3.8) is 0 Å². The molecule has 1 aliphatic rings. The average molecular weight is 614 g/mol. The first kappa shape index (κ1) is 30.5. The fourth-order valence-electron chi connectivity index (χ4n) is 3.82. The summed E-state index contributed by atoms with van der Waals surface area (Å²) in [6.07, 6.45) is 1.46. The number of nitrogens with zero attached hydrogens (tertiary/aromatic N) is 1. The standard InChI is InChI=1S/C26H26Cl2N4O5S.ClH/c27-18-7-10-23(21(28)15-18)37-24-4-2-1-3-22(24)31-38(35,36)20-8-5-17(6-9-20)26(34)30-16-25(33)32-13-11-19(29)12-14-32;/h1-10,15,19,31H,11-14,16,29H2,(H,30,34);1H. The van der Waals surface area contributed by atoms with Crippen LogP contribution in [-0.2, 0) is 14.8 Å². The highest BCUT2D eigenvalue weighted by Crippen LogP contribution is 2.35. The van der Waals surface area contributed by atoms with Crippen LogP contribution in [0.1, 0.15) is 23.2 Å². The van der Waals surface area contributed by atoms with Crippen molar-refractivity contribution in [1.29, 1.82) is 0 Å². The number of anilines is 1. The van der Waals surface area contributed by atoms with Gasteiger partial charge in [0.05, 0.1) is 22.2 Å². The van der Waals surface area contributed by atoms with E-state index in [1.54, 1.807) is 41.3 Å². The van der Waals surface area contributed by atoms with Crippen LogP contribution in [0.15, 0.2) is 71.6 Å². The van der Waals surface area contributed by atoms with Crippen LogP contribution in [0.5, 0.6) is 11.5 Å². The number of likely N-dealkylation sites (tertiary alicyclic amines) is 1. The fourth-order valence-corrected chi connectivity index (χ4v) is 5.34. The maximum atomic E-state index is 13.0. The van der Waals surface area contributed by atoms with Crippen LogP contribution in [0.4, 0.5) is 5.69 Å². The zero-order chi connectivity index (χ0) is 27.3. The Labute approximate surface area is 243 Å². The lowest BCUT2D eigenvalue weighted by Crippen LogP contribution is -2.46. The van der Waals surface area contributed by atoms with Crippen molar-refractivity contribution >= 4 is 63.1 Å². The number of nitrogens with two attached hydrogens (primary N) is 1. The molecule has 0 unspecified atom stereocenters. The number of nitrogens with one attached hydrogen (secondary N) is 2. The van der Waals surface area contributed by atoms with Gasteiger partial charge < -0.3 is 20.7 Å². The number of hydrogen-bond donors (Lipinski definition) is 3. The highest BCUT2D eigenvalue weighted by molar-refractivity contribution is 7.92. The number of carbonyl (C=O) groups is 2. The van der Waals surface area contributed by atoms with Crippen molar-refractivity contribution < 1.29 is 22.7 Å². The summed E-state index contributed by atoms with van der Waals surface area (Å²) in [5.74, 6) is -0.131. The number of benzene rings is 3. The molecule has 3 aromatic carbocycles. The lowest BCUT2D eigenvalue weighted by Gasteiger charge is -2.30. The number of carbonyl (C=O) groups excluding carboxylic acids is 2. The molecule has 4 N–H and O–H groups in total. The largest absolute Gasteiger partial charge is 0.454 e. The molecule has 1 heterocycles. The molecule has 0 bridgehead atoms. The van der Waals surface area contributed by atoms with Gasteiger partial charge in [-0.05, 0) is 67.4 Å². The molecule has 0 aromatic heterocycles.